The SMILES string of the molecule is CCCCCCOc1ccccc1CNc1cccc(OC)c1. The molecular weight excluding hydrogens is 286 g/mol. The van der Waals surface area contributed by atoms with E-state index in [0.29, 0.717) is 0 Å². The number of rotatable bonds is 10. The molecule has 0 aliphatic carbocycles. The summed E-state index contributed by atoms with van der Waals surface area (Å²) in [7, 11) is 1.68. The number of hydrogen-bond donors (Lipinski definition) is 1. The van der Waals surface area contributed by atoms with E-state index < -0.39 is 0 Å². The summed E-state index contributed by atoms with van der Waals surface area (Å²) in [6.07, 6.45) is 4.88. The first-order chi connectivity index (χ1) is 11.3. The molecule has 2 aromatic rings. The molecule has 124 valence electrons. The van der Waals surface area contributed by atoms with Gasteiger partial charge < -0.3 is 14.8 Å². The summed E-state index contributed by atoms with van der Waals surface area (Å²) < 4.78 is 11.2. The van der Waals surface area contributed by atoms with E-state index in [4.69, 9.17) is 9.47 Å². The molecule has 0 atom stereocenters. The third-order valence-corrected chi connectivity index (χ3v) is 3.78. The highest BCUT2D eigenvalue weighted by molar-refractivity contribution is 5.49. The maximum absolute atomic E-state index is 5.95. The molecule has 23 heavy (non-hydrogen) atoms. The zero-order valence-electron chi connectivity index (χ0n) is 14.2. The molecule has 0 fully saturated rings. The third-order valence-electron chi connectivity index (χ3n) is 3.78. The maximum Gasteiger partial charge on any atom is 0.124 e. The first-order valence-corrected chi connectivity index (χ1v) is 8.42. The quantitative estimate of drug-likeness (QED) is 0.606. The molecule has 0 unspecified atom stereocenters. The minimum Gasteiger partial charge on any atom is -0.497 e. The van der Waals surface area contributed by atoms with Crippen LogP contribution in [0.4, 0.5) is 5.69 Å². The molecule has 2 rings (SSSR count). The fourth-order valence-electron chi connectivity index (χ4n) is 2.43. The number of methoxy groups -OCH3 is 1. The van der Waals surface area contributed by atoms with Crippen LogP contribution < -0.4 is 14.8 Å². The number of ether oxygens (including phenoxy) is 2. The fourth-order valence-corrected chi connectivity index (χ4v) is 2.43. The van der Waals surface area contributed by atoms with E-state index in [-0.39, 0.29) is 0 Å². The van der Waals surface area contributed by atoms with Crippen molar-refractivity contribution in [2.75, 3.05) is 19.0 Å². The Hall–Kier alpha value is -2.16. The third kappa shape index (κ3) is 5.85. The van der Waals surface area contributed by atoms with Crippen molar-refractivity contribution in [3.05, 3.63) is 54.1 Å². The minimum atomic E-state index is 0.734. The van der Waals surface area contributed by atoms with Crippen LogP contribution in [0.1, 0.15) is 38.2 Å². The van der Waals surface area contributed by atoms with E-state index in [2.05, 4.69) is 18.3 Å². The molecule has 3 nitrogen and oxygen atoms in total. The van der Waals surface area contributed by atoms with E-state index in [1.54, 1.807) is 7.11 Å². The average Bonchev–Trinajstić information content (AvgIpc) is 2.61. The van der Waals surface area contributed by atoms with Crippen molar-refractivity contribution >= 4 is 5.69 Å². The number of unbranched alkanes of at least 4 members (excludes halogenated alkanes) is 3. The van der Waals surface area contributed by atoms with Gasteiger partial charge in [-0.05, 0) is 24.6 Å². The van der Waals surface area contributed by atoms with Crippen molar-refractivity contribution < 1.29 is 9.47 Å². The van der Waals surface area contributed by atoms with Gasteiger partial charge in [0.05, 0.1) is 13.7 Å². The summed E-state index contributed by atoms with van der Waals surface area (Å²) in [6.45, 7) is 3.74. The number of anilines is 1. The van der Waals surface area contributed by atoms with E-state index >= 15 is 0 Å². The molecule has 1 N–H and O–H groups in total. The van der Waals surface area contributed by atoms with E-state index in [1.165, 1.54) is 24.8 Å². The van der Waals surface area contributed by atoms with Crippen LogP contribution in [-0.2, 0) is 6.54 Å². The van der Waals surface area contributed by atoms with Crippen LogP contribution in [0.2, 0.25) is 0 Å². The summed E-state index contributed by atoms with van der Waals surface area (Å²) in [5.41, 5.74) is 2.22. The van der Waals surface area contributed by atoms with Gasteiger partial charge in [0.15, 0.2) is 0 Å². The number of hydrogen-bond acceptors (Lipinski definition) is 3. The Kier molecular flexibility index (Phi) is 7.31. The Morgan fingerprint density at radius 2 is 1.83 bits per heavy atom. The van der Waals surface area contributed by atoms with Crippen molar-refractivity contribution in [2.45, 2.75) is 39.2 Å². The molecule has 0 saturated carbocycles. The van der Waals surface area contributed by atoms with E-state index in [9.17, 15) is 0 Å². The average molecular weight is 313 g/mol. The topological polar surface area (TPSA) is 30.5 Å². The van der Waals surface area contributed by atoms with Crippen molar-refractivity contribution in [3.8, 4) is 11.5 Å². The molecular formula is C20H27NO2. The predicted molar refractivity (Wildman–Crippen MR) is 96.4 cm³/mol. The van der Waals surface area contributed by atoms with Gasteiger partial charge in [-0.1, -0.05) is 50.5 Å². The maximum atomic E-state index is 5.95. The second kappa shape index (κ2) is 9.78. The van der Waals surface area contributed by atoms with E-state index in [0.717, 1.165) is 36.8 Å². The predicted octanol–water partition coefficient (Wildman–Crippen LogP) is 5.27. The Labute approximate surface area is 139 Å². The Morgan fingerprint density at radius 1 is 0.957 bits per heavy atom. The number of nitrogens with one attached hydrogen (secondary N) is 1. The first-order valence-electron chi connectivity index (χ1n) is 8.42. The summed E-state index contributed by atoms with van der Waals surface area (Å²) in [5, 5.41) is 3.43. The molecule has 0 saturated heterocycles. The molecule has 0 radical (unpaired) electrons. The van der Waals surface area contributed by atoms with Crippen LogP contribution in [0, 0.1) is 0 Å². The second-order valence-corrected chi connectivity index (χ2v) is 5.60. The summed E-state index contributed by atoms with van der Waals surface area (Å²) in [5.74, 6) is 1.83. The minimum absolute atomic E-state index is 0.734. The number of para-hydroxylation sites is 1. The molecule has 0 aromatic heterocycles. The van der Waals surface area contributed by atoms with Crippen molar-refractivity contribution in [1.82, 2.24) is 0 Å². The van der Waals surface area contributed by atoms with Gasteiger partial charge in [-0.2, -0.15) is 0 Å². The zero-order valence-corrected chi connectivity index (χ0v) is 14.2. The van der Waals surface area contributed by atoms with Gasteiger partial charge >= 0.3 is 0 Å². The Balaban J connectivity index is 1.89. The summed E-state index contributed by atoms with van der Waals surface area (Å²) in [6, 6.07) is 16.2. The molecule has 3 heteroatoms. The highest BCUT2D eigenvalue weighted by Crippen LogP contribution is 2.22. The molecule has 0 aliphatic rings. The molecule has 0 heterocycles. The fraction of sp³-hybridized carbons (Fsp3) is 0.400. The van der Waals surface area contributed by atoms with Gasteiger partial charge in [0.1, 0.15) is 11.5 Å². The molecule has 0 amide bonds. The standard InChI is InChI=1S/C20H27NO2/c1-3-4-5-8-14-23-20-13-7-6-10-17(20)16-21-18-11-9-12-19(15-18)22-2/h6-7,9-13,15,21H,3-5,8,14,16H2,1-2H3. The van der Waals surface area contributed by atoms with Gasteiger partial charge in [-0.25, -0.2) is 0 Å². The lowest BCUT2D eigenvalue weighted by atomic mass is 10.2. The Bertz CT molecular complexity index is 583. The monoisotopic (exact) mass is 313 g/mol. The largest absolute Gasteiger partial charge is 0.497 e. The van der Waals surface area contributed by atoms with Crippen LogP contribution in [0.5, 0.6) is 11.5 Å². The smallest absolute Gasteiger partial charge is 0.124 e. The highest BCUT2D eigenvalue weighted by atomic mass is 16.5. The molecule has 0 aliphatic heterocycles. The Morgan fingerprint density at radius 3 is 2.65 bits per heavy atom. The van der Waals surface area contributed by atoms with Crippen LogP contribution in [0.15, 0.2) is 48.5 Å². The molecule has 0 spiro atoms. The van der Waals surface area contributed by atoms with Crippen LogP contribution in [0.25, 0.3) is 0 Å². The molecule has 0 bridgehead atoms. The first kappa shape index (κ1) is 17.2. The highest BCUT2D eigenvalue weighted by Gasteiger charge is 2.03. The zero-order chi connectivity index (χ0) is 16.3. The summed E-state index contributed by atoms with van der Waals surface area (Å²) in [4.78, 5) is 0. The van der Waals surface area contributed by atoms with Crippen LogP contribution in [-0.4, -0.2) is 13.7 Å². The second-order valence-electron chi connectivity index (χ2n) is 5.60. The summed E-state index contributed by atoms with van der Waals surface area (Å²) >= 11 is 0. The lowest BCUT2D eigenvalue weighted by Gasteiger charge is -2.13. The normalized spacial score (nSPS) is 10.3. The number of benzene rings is 2. The van der Waals surface area contributed by atoms with E-state index in [1.807, 2.05) is 42.5 Å². The van der Waals surface area contributed by atoms with Crippen molar-refractivity contribution in [3.63, 3.8) is 0 Å². The van der Waals surface area contributed by atoms with Crippen molar-refractivity contribution in [2.24, 2.45) is 0 Å². The van der Waals surface area contributed by atoms with Crippen molar-refractivity contribution in [1.29, 1.82) is 0 Å². The van der Waals surface area contributed by atoms with Gasteiger partial charge in [0.2, 0.25) is 0 Å². The van der Waals surface area contributed by atoms with Gasteiger partial charge in [-0.15, -0.1) is 0 Å². The lowest BCUT2D eigenvalue weighted by Crippen LogP contribution is -2.04. The van der Waals surface area contributed by atoms with Gasteiger partial charge in [0, 0.05) is 23.9 Å². The van der Waals surface area contributed by atoms with Crippen LogP contribution in [0.3, 0.4) is 0 Å². The van der Waals surface area contributed by atoms with Gasteiger partial charge in [0.25, 0.3) is 0 Å². The van der Waals surface area contributed by atoms with Gasteiger partial charge in [-0.3, -0.25) is 0 Å². The molecule has 2 aromatic carbocycles. The van der Waals surface area contributed by atoms with Crippen LogP contribution >= 0.6 is 0 Å². The lowest BCUT2D eigenvalue weighted by molar-refractivity contribution is 0.302.